The van der Waals surface area contributed by atoms with Gasteiger partial charge in [-0.3, -0.25) is 4.79 Å². The molecule has 100 valence electrons. The summed E-state index contributed by atoms with van der Waals surface area (Å²) in [4.78, 5) is 11.6. The Kier molecular flexibility index (Phi) is 5.28. The van der Waals surface area contributed by atoms with Crippen LogP contribution in [0.1, 0.15) is 16.8 Å². The van der Waals surface area contributed by atoms with Crippen LogP contribution >= 0.6 is 15.9 Å². The average Bonchev–Trinajstić information content (AvgIpc) is 2.22. The van der Waals surface area contributed by atoms with Gasteiger partial charge in [-0.05, 0) is 24.6 Å². The second-order valence-electron chi connectivity index (χ2n) is 3.86. The lowest BCUT2D eigenvalue weighted by molar-refractivity contribution is 0.0949. The van der Waals surface area contributed by atoms with Crippen LogP contribution in [0.4, 0.5) is 4.39 Å². The number of sulfone groups is 1. The van der Waals surface area contributed by atoms with Crippen LogP contribution in [0, 0.1) is 5.82 Å². The van der Waals surface area contributed by atoms with E-state index in [4.69, 9.17) is 0 Å². The number of carbonyl (C=O) groups is 1. The van der Waals surface area contributed by atoms with Gasteiger partial charge in [0.1, 0.15) is 15.7 Å². The van der Waals surface area contributed by atoms with E-state index < -0.39 is 21.6 Å². The number of rotatable bonds is 5. The fourth-order valence-corrected chi connectivity index (χ4v) is 2.31. The summed E-state index contributed by atoms with van der Waals surface area (Å²) in [7, 11) is -3.03. The van der Waals surface area contributed by atoms with Crippen molar-refractivity contribution in [3.63, 3.8) is 0 Å². The maximum absolute atomic E-state index is 13.4. The van der Waals surface area contributed by atoms with Gasteiger partial charge in [0.25, 0.3) is 5.91 Å². The first-order chi connectivity index (χ1) is 8.29. The molecule has 0 fully saturated rings. The van der Waals surface area contributed by atoms with Crippen molar-refractivity contribution in [1.82, 2.24) is 5.32 Å². The van der Waals surface area contributed by atoms with Crippen LogP contribution in [0.5, 0.6) is 0 Å². The van der Waals surface area contributed by atoms with E-state index >= 15 is 0 Å². The van der Waals surface area contributed by atoms with Gasteiger partial charge in [0, 0.05) is 17.3 Å². The summed E-state index contributed by atoms with van der Waals surface area (Å²) < 4.78 is 35.7. The zero-order valence-electron chi connectivity index (χ0n) is 9.74. The Morgan fingerprint density at radius 2 is 2.11 bits per heavy atom. The zero-order chi connectivity index (χ0) is 13.8. The molecule has 18 heavy (non-hydrogen) atoms. The number of carbonyl (C=O) groups excluding carboxylic acids is 1. The Hall–Kier alpha value is -0.950. The zero-order valence-corrected chi connectivity index (χ0v) is 12.1. The normalized spacial score (nSPS) is 11.3. The van der Waals surface area contributed by atoms with Gasteiger partial charge >= 0.3 is 0 Å². The largest absolute Gasteiger partial charge is 0.352 e. The maximum Gasteiger partial charge on any atom is 0.254 e. The molecule has 0 heterocycles. The highest BCUT2D eigenvalue weighted by molar-refractivity contribution is 9.10. The van der Waals surface area contributed by atoms with Gasteiger partial charge < -0.3 is 5.32 Å². The maximum atomic E-state index is 13.4. The van der Waals surface area contributed by atoms with E-state index in [1.165, 1.54) is 12.1 Å². The Bertz CT molecular complexity index is 545. The number of benzene rings is 1. The Morgan fingerprint density at radius 1 is 1.44 bits per heavy atom. The molecule has 0 bridgehead atoms. The summed E-state index contributed by atoms with van der Waals surface area (Å²) in [5.41, 5.74) is -0.0578. The molecular formula is C11H13BrFNO3S. The van der Waals surface area contributed by atoms with E-state index in [0.717, 1.165) is 6.26 Å². The summed E-state index contributed by atoms with van der Waals surface area (Å²) in [6, 6.07) is 4.13. The lowest BCUT2D eigenvalue weighted by Gasteiger charge is -2.06. The van der Waals surface area contributed by atoms with Gasteiger partial charge in [-0.1, -0.05) is 15.9 Å². The van der Waals surface area contributed by atoms with Crippen LogP contribution in [0.25, 0.3) is 0 Å². The van der Waals surface area contributed by atoms with Crippen molar-refractivity contribution in [1.29, 1.82) is 0 Å². The fourth-order valence-electron chi connectivity index (χ4n) is 1.31. The van der Waals surface area contributed by atoms with Crippen LogP contribution in [0.15, 0.2) is 22.7 Å². The van der Waals surface area contributed by atoms with E-state index in [1.807, 2.05) is 0 Å². The lowest BCUT2D eigenvalue weighted by atomic mass is 10.2. The first-order valence-electron chi connectivity index (χ1n) is 5.20. The molecule has 0 spiro atoms. The Labute approximate surface area is 114 Å². The number of hydrogen-bond acceptors (Lipinski definition) is 3. The van der Waals surface area contributed by atoms with Crippen LogP contribution in [-0.2, 0) is 9.84 Å². The van der Waals surface area contributed by atoms with Crippen molar-refractivity contribution in [2.24, 2.45) is 0 Å². The van der Waals surface area contributed by atoms with Crippen molar-refractivity contribution >= 4 is 31.7 Å². The Balaban J connectivity index is 2.51. The molecule has 1 rings (SSSR count). The van der Waals surface area contributed by atoms with Gasteiger partial charge in [-0.2, -0.15) is 0 Å². The SMILES string of the molecule is CS(=O)(=O)CCCNC(=O)c1ccc(Br)cc1F. The predicted molar refractivity (Wildman–Crippen MR) is 70.8 cm³/mol. The van der Waals surface area contributed by atoms with Crippen molar-refractivity contribution in [2.75, 3.05) is 18.6 Å². The molecule has 0 unspecified atom stereocenters. The first kappa shape index (κ1) is 15.1. The highest BCUT2D eigenvalue weighted by Gasteiger charge is 2.11. The lowest BCUT2D eigenvalue weighted by Crippen LogP contribution is -2.26. The summed E-state index contributed by atoms with van der Waals surface area (Å²) >= 11 is 3.09. The van der Waals surface area contributed by atoms with Crippen molar-refractivity contribution in [2.45, 2.75) is 6.42 Å². The van der Waals surface area contributed by atoms with Gasteiger partial charge in [-0.15, -0.1) is 0 Å². The number of nitrogens with one attached hydrogen (secondary N) is 1. The van der Waals surface area contributed by atoms with Crippen LogP contribution in [-0.4, -0.2) is 32.9 Å². The van der Waals surface area contributed by atoms with E-state index in [1.54, 1.807) is 6.07 Å². The molecule has 1 aromatic rings. The quantitative estimate of drug-likeness (QED) is 0.832. The predicted octanol–water partition coefficient (Wildman–Crippen LogP) is 1.75. The fraction of sp³-hybridized carbons (Fsp3) is 0.364. The molecule has 0 aliphatic rings. The highest BCUT2D eigenvalue weighted by Crippen LogP contribution is 2.15. The summed E-state index contributed by atoms with van der Waals surface area (Å²) in [5, 5.41) is 2.47. The molecule has 7 heteroatoms. The van der Waals surface area contributed by atoms with Gasteiger partial charge in [0.2, 0.25) is 0 Å². The smallest absolute Gasteiger partial charge is 0.254 e. The first-order valence-corrected chi connectivity index (χ1v) is 8.06. The standard InChI is InChI=1S/C11H13BrFNO3S/c1-18(16,17)6-2-5-14-11(15)9-4-3-8(12)7-10(9)13/h3-4,7H,2,5-6H2,1H3,(H,14,15). The molecule has 0 aliphatic carbocycles. The molecule has 0 saturated heterocycles. The molecular weight excluding hydrogens is 325 g/mol. The third-order valence-electron chi connectivity index (χ3n) is 2.15. The van der Waals surface area contributed by atoms with E-state index in [9.17, 15) is 17.6 Å². The second-order valence-corrected chi connectivity index (χ2v) is 7.04. The highest BCUT2D eigenvalue weighted by atomic mass is 79.9. The summed E-state index contributed by atoms with van der Waals surface area (Å²) in [6.07, 6.45) is 1.44. The molecule has 4 nitrogen and oxygen atoms in total. The number of amides is 1. The average molecular weight is 338 g/mol. The van der Waals surface area contributed by atoms with E-state index in [2.05, 4.69) is 21.2 Å². The van der Waals surface area contributed by atoms with Crippen molar-refractivity contribution < 1.29 is 17.6 Å². The molecule has 1 aromatic carbocycles. The van der Waals surface area contributed by atoms with Gasteiger partial charge in [0.05, 0.1) is 11.3 Å². The monoisotopic (exact) mass is 337 g/mol. The Morgan fingerprint density at radius 3 is 2.67 bits per heavy atom. The summed E-state index contributed by atoms with van der Waals surface area (Å²) in [6.45, 7) is 0.196. The molecule has 0 aromatic heterocycles. The molecule has 1 N–H and O–H groups in total. The molecule has 0 atom stereocenters. The molecule has 0 saturated carbocycles. The molecule has 0 aliphatic heterocycles. The van der Waals surface area contributed by atoms with Crippen molar-refractivity contribution in [3.8, 4) is 0 Å². The van der Waals surface area contributed by atoms with Crippen LogP contribution < -0.4 is 5.32 Å². The second kappa shape index (κ2) is 6.29. The number of hydrogen-bond donors (Lipinski definition) is 1. The molecule has 0 radical (unpaired) electrons. The van der Waals surface area contributed by atoms with Crippen molar-refractivity contribution in [3.05, 3.63) is 34.1 Å². The van der Waals surface area contributed by atoms with E-state index in [0.29, 0.717) is 10.9 Å². The minimum absolute atomic E-state index is 0.00387. The van der Waals surface area contributed by atoms with Gasteiger partial charge in [-0.25, -0.2) is 12.8 Å². The molecule has 1 amide bonds. The van der Waals surface area contributed by atoms with Crippen LogP contribution in [0.2, 0.25) is 0 Å². The van der Waals surface area contributed by atoms with E-state index in [-0.39, 0.29) is 17.9 Å². The third-order valence-corrected chi connectivity index (χ3v) is 3.68. The topological polar surface area (TPSA) is 63.2 Å². The van der Waals surface area contributed by atoms with Gasteiger partial charge in [0.15, 0.2) is 0 Å². The minimum atomic E-state index is -3.03. The summed E-state index contributed by atoms with van der Waals surface area (Å²) in [5.74, 6) is -1.17. The van der Waals surface area contributed by atoms with Crippen LogP contribution in [0.3, 0.4) is 0 Å². The third kappa shape index (κ3) is 5.14. The number of halogens is 2. The minimum Gasteiger partial charge on any atom is -0.352 e.